The maximum absolute atomic E-state index is 11.3. The number of carbonyl (C=O) groups is 2. The number of hydrogen-bond donors (Lipinski definition) is 0. The smallest absolute Gasteiger partial charge is 0.310 e. The summed E-state index contributed by atoms with van der Waals surface area (Å²) in [6.45, 7) is -0.202. The van der Waals surface area contributed by atoms with Gasteiger partial charge >= 0.3 is 11.9 Å². The van der Waals surface area contributed by atoms with Crippen LogP contribution in [0.15, 0.2) is 60.7 Å². The van der Waals surface area contributed by atoms with Crippen LogP contribution in [0.5, 0.6) is 0 Å². The van der Waals surface area contributed by atoms with E-state index in [0.717, 1.165) is 17.3 Å². The second kappa shape index (κ2) is 15.4. The maximum Gasteiger partial charge on any atom is 0.310 e. The van der Waals surface area contributed by atoms with E-state index in [2.05, 4.69) is 25.8 Å². The van der Waals surface area contributed by atoms with Gasteiger partial charge in [0.15, 0.2) is 0 Å². The summed E-state index contributed by atoms with van der Waals surface area (Å²) in [5.41, 5.74) is 1.88. The van der Waals surface area contributed by atoms with Gasteiger partial charge in [-0.1, -0.05) is 60.7 Å². The van der Waals surface area contributed by atoms with E-state index in [4.69, 9.17) is 0 Å². The van der Waals surface area contributed by atoms with Crippen molar-refractivity contribution in [3.63, 3.8) is 0 Å². The molecule has 0 saturated heterocycles. The molecule has 0 radical (unpaired) electrons. The van der Waals surface area contributed by atoms with Crippen LogP contribution in [0.3, 0.4) is 0 Å². The molecule has 0 atom stereocenters. The van der Waals surface area contributed by atoms with Crippen molar-refractivity contribution in [3.8, 4) is 0 Å². The van der Waals surface area contributed by atoms with E-state index >= 15 is 0 Å². The molecule has 0 fully saturated rings. The summed E-state index contributed by atoms with van der Waals surface area (Å²) < 4.78 is 43.5. The van der Waals surface area contributed by atoms with Crippen LogP contribution in [0.1, 0.15) is 24.0 Å². The molecule has 0 N–H and O–H groups in total. The quantitative estimate of drug-likeness (QED) is 0.207. The van der Waals surface area contributed by atoms with Crippen molar-refractivity contribution in [2.75, 3.05) is 25.7 Å². The van der Waals surface area contributed by atoms with Crippen molar-refractivity contribution in [3.05, 3.63) is 71.8 Å². The first kappa shape index (κ1) is 27.6. The zero-order valence-electron chi connectivity index (χ0n) is 18.1. The van der Waals surface area contributed by atoms with Crippen molar-refractivity contribution in [2.24, 2.45) is 0 Å². The fraction of sp³-hybridized carbons (Fsp3) is 0.364. The Morgan fingerprint density at radius 2 is 1.25 bits per heavy atom. The van der Waals surface area contributed by atoms with Crippen LogP contribution in [0.2, 0.25) is 0 Å². The van der Waals surface area contributed by atoms with Gasteiger partial charge in [0.2, 0.25) is 10.4 Å². The van der Waals surface area contributed by atoms with Gasteiger partial charge in [0.05, 0.1) is 33.7 Å². The molecule has 0 unspecified atom stereocenters. The molecule has 0 amide bonds. The van der Waals surface area contributed by atoms with Crippen LogP contribution in [0.25, 0.3) is 0 Å². The van der Waals surface area contributed by atoms with Crippen LogP contribution in [0, 0.1) is 0 Å². The van der Waals surface area contributed by atoms with E-state index in [9.17, 15) is 22.6 Å². The van der Waals surface area contributed by atoms with Crippen LogP contribution >= 0.6 is 0 Å². The number of methoxy groups -OCH3 is 2. The molecule has 8 nitrogen and oxygen atoms in total. The highest BCUT2D eigenvalue weighted by molar-refractivity contribution is 7.96. The summed E-state index contributed by atoms with van der Waals surface area (Å²) in [4.78, 5) is 22.5. The van der Waals surface area contributed by atoms with Gasteiger partial charge in [0, 0.05) is 5.56 Å². The molecule has 0 aliphatic carbocycles. The van der Waals surface area contributed by atoms with Crippen LogP contribution in [-0.4, -0.2) is 50.6 Å². The highest BCUT2D eigenvalue weighted by Crippen LogP contribution is 2.12. The van der Waals surface area contributed by atoms with Crippen LogP contribution in [-0.2, 0) is 56.9 Å². The maximum atomic E-state index is 11.3. The molecule has 0 spiro atoms. The standard InChI is InChI=1S/C15H21O4S.C7H8O4S/c1-18-14(16)8-10-20(11-9-15(17)19-2)12-13-6-4-3-5-7-13;8-12(9,10)11-6-7-4-2-1-3-5-7/h3-7H,8-12H2,1-2H3;1-5H,6H2,(H,8,9,10)/q+1;/p-1. The summed E-state index contributed by atoms with van der Waals surface area (Å²) in [5.74, 6) is 1.98. The van der Waals surface area contributed by atoms with Gasteiger partial charge in [-0.05, 0) is 16.5 Å². The highest BCUT2D eigenvalue weighted by atomic mass is 32.3. The van der Waals surface area contributed by atoms with Gasteiger partial charge in [0.1, 0.15) is 17.3 Å². The highest BCUT2D eigenvalue weighted by Gasteiger charge is 2.22. The molecular formula is C22H28O8S2. The Balaban J connectivity index is 0.000000363. The number of carbonyl (C=O) groups excluding carboxylic acids is 2. The van der Waals surface area contributed by atoms with Crippen molar-refractivity contribution in [2.45, 2.75) is 25.2 Å². The minimum absolute atomic E-state index is 0.0215. The zero-order valence-corrected chi connectivity index (χ0v) is 19.7. The van der Waals surface area contributed by atoms with Crippen molar-refractivity contribution in [1.29, 1.82) is 0 Å². The van der Waals surface area contributed by atoms with E-state index in [1.807, 2.05) is 18.2 Å². The Hall–Kier alpha value is -2.40. The molecule has 2 aromatic rings. The minimum Gasteiger partial charge on any atom is -0.726 e. The first-order valence-electron chi connectivity index (χ1n) is 9.69. The summed E-state index contributed by atoms with van der Waals surface area (Å²) in [6.07, 6.45) is 0.793. The third kappa shape index (κ3) is 13.8. The molecule has 2 aromatic carbocycles. The molecule has 32 heavy (non-hydrogen) atoms. The predicted molar refractivity (Wildman–Crippen MR) is 121 cm³/mol. The molecule has 176 valence electrons. The Labute approximate surface area is 192 Å². The molecule has 0 heterocycles. The molecule has 0 aromatic heterocycles. The normalized spacial score (nSPS) is 10.8. The van der Waals surface area contributed by atoms with Crippen LogP contribution in [0.4, 0.5) is 0 Å². The fourth-order valence-corrected chi connectivity index (χ4v) is 4.78. The average Bonchev–Trinajstić information content (AvgIpc) is 2.80. The Kier molecular flexibility index (Phi) is 13.3. The fourth-order valence-electron chi connectivity index (χ4n) is 2.43. The third-order valence-corrected chi connectivity index (χ3v) is 6.78. The Morgan fingerprint density at radius 1 is 0.812 bits per heavy atom. The number of hydrogen-bond acceptors (Lipinski definition) is 8. The second-order valence-electron chi connectivity index (χ2n) is 6.46. The Bertz CT molecular complexity index is 882. The number of benzene rings is 2. The average molecular weight is 485 g/mol. The monoisotopic (exact) mass is 484 g/mol. The van der Waals surface area contributed by atoms with Gasteiger partial charge in [0.25, 0.3) is 0 Å². The summed E-state index contributed by atoms with van der Waals surface area (Å²) in [5, 5.41) is 0. The lowest BCUT2D eigenvalue weighted by Crippen LogP contribution is -2.20. The molecule has 2 rings (SSSR count). The van der Waals surface area contributed by atoms with E-state index in [1.165, 1.54) is 19.8 Å². The topological polar surface area (TPSA) is 119 Å². The minimum atomic E-state index is -4.57. The number of rotatable bonds is 11. The molecular weight excluding hydrogens is 456 g/mol. The molecule has 0 saturated carbocycles. The first-order chi connectivity index (χ1) is 15.2. The zero-order chi connectivity index (χ0) is 23.8. The van der Waals surface area contributed by atoms with Gasteiger partial charge in [-0.15, -0.1) is 0 Å². The molecule has 10 heteroatoms. The van der Waals surface area contributed by atoms with Crippen LogP contribution < -0.4 is 0 Å². The second-order valence-corrected chi connectivity index (χ2v) is 9.84. The largest absolute Gasteiger partial charge is 0.726 e. The predicted octanol–water partition coefficient (Wildman–Crippen LogP) is 2.59. The lowest BCUT2D eigenvalue weighted by molar-refractivity contribution is -0.140. The third-order valence-electron chi connectivity index (χ3n) is 4.07. The van der Waals surface area contributed by atoms with E-state index < -0.39 is 10.4 Å². The van der Waals surface area contributed by atoms with Crippen molar-refractivity contribution >= 4 is 33.2 Å². The SMILES string of the molecule is COC(=O)CC[S+](CCC(=O)OC)Cc1ccccc1.O=S(=O)([O-])OCc1ccccc1. The molecule has 0 bridgehead atoms. The van der Waals surface area contributed by atoms with Gasteiger partial charge in [-0.2, -0.15) is 0 Å². The van der Waals surface area contributed by atoms with Crippen molar-refractivity contribution < 1.29 is 36.2 Å². The lowest BCUT2D eigenvalue weighted by atomic mass is 10.2. The first-order valence-corrected chi connectivity index (χ1v) is 12.8. The van der Waals surface area contributed by atoms with Gasteiger partial charge in [-0.25, -0.2) is 8.42 Å². The van der Waals surface area contributed by atoms with Gasteiger partial charge < -0.3 is 14.0 Å². The molecule has 0 aliphatic heterocycles. The summed E-state index contributed by atoms with van der Waals surface area (Å²) in [6, 6.07) is 18.7. The number of ether oxygens (including phenoxy) is 2. The Morgan fingerprint density at radius 3 is 1.66 bits per heavy atom. The summed E-state index contributed by atoms with van der Waals surface area (Å²) in [7, 11) is -1.80. The van der Waals surface area contributed by atoms with E-state index in [-0.39, 0.29) is 29.4 Å². The van der Waals surface area contributed by atoms with Gasteiger partial charge in [-0.3, -0.25) is 13.8 Å². The van der Waals surface area contributed by atoms with E-state index in [1.54, 1.807) is 30.3 Å². The number of esters is 2. The summed E-state index contributed by atoms with van der Waals surface area (Å²) >= 11 is 0. The van der Waals surface area contributed by atoms with E-state index in [0.29, 0.717) is 18.4 Å². The van der Waals surface area contributed by atoms with Crippen molar-refractivity contribution in [1.82, 2.24) is 0 Å². The lowest BCUT2D eigenvalue weighted by Gasteiger charge is -2.08. The molecule has 0 aliphatic rings.